The van der Waals surface area contributed by atoms with E-state index in [1.807, 2.05) is 13.8 Å². The van der Waals surface area contributed by atoms with E-state index in [1.54, 1.807) is 47.5 Å². The molecule has 1 heterocycles. The van der Waals surface area contributed by atoms with Gasteiger partial charge in [-0.25, -0.2) is 0 Å². The van der Waals surface area contributed by atoms with Crippen LogP contribution in [0, 0.1) is 0 Å². The number of likely N-dealkylation sites (N-methyl/N-ethyl adjacent to an activating group) is 1. The van der Waals surface area contributed by atoms with Crippen LogP contribution in [0.5, 0.6) is 0 Å². The van der Waals surface area contributed by atoms with Crippen LogP contribution in [-0.4, -0.2) is 47.2 Å². The molecule has 3 amide bonds. The Morgan fingerprint density at radius 2 is 1.73 bits per heavy atom. The van der Waals surface area contributed by atoms with Crippen molar-refractivity contribution < 1.29 is 14.4 Å². The van der Waals surface area contributed by atoms with E-state index in [-0.39, 0.29) is 24.3 Å². The largest absolute Gasteiger partial charge is 0.342 e. The molecule has 2 rings (SSSR count). The first kappa shape index (κ1) is 23.0. The summed E-state index contributed by atoms with van der Waals surface area (Å²) < 4.78 is 0. The minimum Gasteiger partial charge on any atom is -0.342 e. The molecule has 0 spiro atoms. The van der Waals surface area contributed by atoms with Crippen LogP contribution < -0.4 is 16.0 Å². The van der Waals surface area contributed by atoms with Gasteiger partial charge < -0.3 is 20.9 Å². The first-order chi connectivity index (χ1) is 14.4. The van der Waals surface area contributed by atoms with E-state index in [4.69, 9.17) is 0 Å². The van der Waals surface area contributed by atoms with Crippen molar-refractivity contribution in [2.45, 2.75) is 33.7 Å². The summed E-state index contributed by atoms with van der Waals surface area (Å²) in [5.74, 6) is -0.487. The molecule has 0 radical (unpaired) electrons. The van der Waals surface area contributed by atoms with Gasteiger partial charge in [0.25, 0.3) is 5.91 Å². The highest BCUT2D eigenvalue weighted by Crippen LogP contribution is 2.21. The molecule has 0 aliphatic heterocycles. The van der Waals surface area contributed by atoms with Crippen LogP contribution >= 0.6 is 0 Å². The van der Waals surface area contributed by atoms with Crippen molar-refractivity contribution in [3.05, 3.63) is 53.9 Å². The summed E-state index contributed by atoms with van der Waals surface area (Å²) in [7, 11) is 0. The van der Waals surface area contributed by atoms with Gasteiger partial charge in [-0.2, -0.15) is 0 Å². The number of nitrogens with one attached hydrogen (secondary N) is 3. The molecule has 1 aromatic carbocycles. The molecule has 30 heavy (non-hydrogen) atoms. The fourth-order valence-corrected chi connectivity index (χ4v) is 2.94. The average Bonchev–Trinajstić information content (AvgIpc) is 2.73. The van der Waals surface area contributed by atoms with Crippen molar-refractivity contribution in [1.82, 2.24) is 15.2 Å². The van der Waals surface area contributed by atoms with E-state index in [0.29, 0.717) is 35.7 Å². The molecular formula is C22H29N5O3. The Labute approximate surface area is 177 Å². The highest BCUT2D eigenvalue weighted by atomic mass is 16.2. The maximum atomic E-state index is 12.7. The van der Waals surface area contributed by atoms with Gasteiger partial charge in [0.1, 0.15) is 0 Å². The number of para-hydroxylation sites is 2. The number of benzene rings is 1. The Kier molecular flexibility index (Phi) is 8.96. The second kappa shape index (κ2) is 11.7. The van der Waals surface area contributed by atoms with Crippen LogP contribution in [0.4, 0.5) is 11.4 Å². The monoisotopic (exact) mass is 411 g/mol. The van der Waals surface area contributed by atoms with Crippen LogP contribution in [-0.2, 0) is 16.1 Å². The molecule has 0 saturated heterocycles. The van der Waals surface area contributed by atoms with E-state index in [0.717, 1.165) is 13.0 Å². The van der Waals surface area contributed by atoms with Crippen molar-refractivity contribution in [2.24, 2.45) is 0 Å². The van der Waals surface area contributed by atoms with Crippen molar-refractivity contribution >= 4 is 29.1 Å². The summed E-state index contributed by atoms with van der Waals surface area (Å²) in [6, 6.07) is 10.3. The number of hydrogen-bond donors (Lipinski definition) is 3. The summed E-state index contributed by atoms with van der Waals surface area (Å²) in [6.45, 7) is 7.43. The number of anilines is 2. The molecule has 0 atom stereocenters. The molecule has 0 aliphatic rings. The number of rotatable bonds is 10. The second-order valence-corrected chi connectivity index (χ2v) is 6.79. The quantitative estimate of drug-likeness (QED) is 0.558. The van der Waals surface area contributed by atoms with Crippen LogP contribution in [0.3, 0.4) is 0 Å². The highest BCUT2D eigenvalue weighted by Gasteiger charge is 2.12. The number of amides is 3. The molecule has 0 bridgehead atoms. The minimum absolute atomic E-state index is 0.0443. The van der Waals surface area contributed by atoms with E-state index >= 15 is 0 Å². The SMILES string of the molecule is CCCN(CC)C(=O)CNCc1cc(C(=O)Nc2ccccc2NC(C)=O)ccn1. The van der Waals surface area contributed by atoms with Gasteiger partial charge in [-0.3, -0.25) is 19.4 Å². The standard InChI is InChI=1S/C22H29N5O3/c1-4-12-27(5-2)21(29)15-23-14-18-13-17(10-11-24-18)22(30)26-20-9-7-6-8-19(20)25-16(3)28/h6-11,13,23H,4-5,12,14-15H2,1-3H3,(H,25,28)(H,26,30). The topological polar surface area (TPSA) is 103 Å². The Hall–Kier alpha value is -3.26. The maximum absolute atomic E-state index is 12.7. The fraction of sp³-hybridized carbons (Fsp3) is 0.364. The number of pyridine rings is 1. The maximum Gasteiger partial charge on any atom is 0.255 e. The number of aromatic nitrogens is 1. The van der Waals surface area contributed by atoms with Gasteiger partial charge in [-0.05, 0) is 37.6 Å². The molecule has 0 aliphatic carbocycles. The van der Waals surface area contributed by atoms with E-state index in [9.17, 15) is 14.4 Å². The zero-order chi connectivity index (χ0) is 21.9. The molecule has 3 N–H and O–H groups in total. The third-order valence-electron chi connectivity index (χ3n) is 4.38. The summed E-state index contributed by atoms with van der Waals surface area (Å²) >= 11 is 0. The zero-order valence-electron chi connectivity index (χ0n) is 17.7. The van der Waals surface area contributed by atoms with Crippen LogP contribution in [0.25, 0.3) is 0 Å². The lowest BCUT2D eigenvalue weighted by molar-refractivity contribution is -0.130. The van der Waals surface area contributed by atoms with E-state index < -0.39 is 0 Å². The fourth-order valence-electron chi connectivity index (χ4n) is 2.94. The Bertz CT molecular complexity index is 885. The summed E-state index contributed by atoms with van der Waals surface area (Å²) in [5.41, 5.74) is 2.13. The highest BCUT2D eigenvalue weighted by molar-refractivity contribution is 6.07. The smallest absolute Gasteiger partial charge is 0.255 e. The first-order valence-electron chi connectivity index (χ1n) is 10.1. The molecule has 8 nitrogen and oxygen atoms in total. The molecule has 8 heteroatoms. The van der Waals surface area contributed by atoms with Crippen molar-refractivity contribution in [2.75, 3.05) is 30.3 Å². The second-order valence-electron chi connectivity index (χ2n) is 6.79. The Morgan fingerprint density at radius 3 is 2.37 bits per heavy atom. The Balaban J connectivity index is 1.98. The molecule has 2 aromatic rings. The predicted octanol–water partition coefficient (Wildman–Crippen LogP) is 2.64. The average molecular weight is 412 g/mol. The third-order valence-corrected chi connectivity index (χ3v) is 4.38. The zero-order valence-corrected chi connectivity index (χ0v) is 17.7. The Morgan fingerprint density at radius 1 is 1.03 bits per heavy atom. The first-order valence-corrected chi connectivity index (χ1v) is 10.1. The van der Waals surface area contributed by atoms with Gasteiger partial charge in [0.05, 0.1) is 23.6 Å². The summed E-state index contributed by atoms with van der Waals surface area (Å²) in [4.78, 5) is 42.3. The molecule has 0 unspecified atom stereocenters. The lowest BCUT2D eigenvalue weighted by atomic mass is 10.2. The van der Waals surface area contributed by atoms with E-state index in [2.05, 4.69) is 20.9 Å². The van der Waals surface area contributed by atoms with E-state index in [1.165, 1.54) is 6.92 Å². The molecule has 1 aromatic heterocycles. The molecule has 0 fully saturated rings. The van der Waals surface area contributed by atoms with Gasteiger partial charge >= 0.3 is 0 Å². The van der Waals surface area contributed by atoms with Crippen molar-refractivity contribution in [3.63, 3.8) is 0 Å². The molecule has 160 valence electrons. The van der Waals surface area contributed by atoms with Gasteiger partial charge in [0, 0.05) is 38.3 Å². The van der Waals surface area contributed by atoms with Gasteiger partial charge in [0.2, 0.25) is 11.8 Å². The number of nitrogens with zero attached hydrogens (tertiary/aromatic N) is 2. The number of carbonyl (C=O) groups is 3. The summed E-state index contributed by atoms with van der Waals surface area (Å²) in [5, 5.41) is 8.59. The third kappa shape index (κ3) is 6.97. The van der Waals surface area contributed by atoms with Crippen LogP contribution in [0.2, 0.25) is 0 Å². The molecular weight excluding hydrogens is 382 g/mol. The number of carbonyl (C=O) groups excluding carboxylic acids is 3. The molecule has 0 saturated carbocycles. The lowest BCUT2D eigenvalue weighted by Gasteiger charge is -2.20. The normalized spacial score (nSPS) is 10.4. The van der Waals surface area contributed by atoms with Crippen LogP contribution in [0.1, 0.15) is 43.2 Å². The van der Waals surface area contributed by atoms with Crippen molar-refractivity contribution in [1.29, 1.82) is 0 Å². The van der Waals surface area contributed by atoms with Crippen LogP contribution in [0.15, 0.2) is 42.6 Å². The summed E-state index contributed by atoms with van der Waals surface area (Å²) in [6.07, 6.45) is 2.48. The van der Waals surface area contributed by atoms with Crippen molar-refractivity contribution in [3.8, 4) is 0 Å². The predicted molar refractivity (Wildman–Crippen MR) is 117 cm³/mol. The number of hydrogen-bond acceptors (Lipinski definition) is 5. The lowest BCUT2D eigenvalue weighted by Crippen LogP contribution is -2.38. The minimum atomic E-state index is -0.312. The van der Waals surface area contributed by atoms with Gasteiger partial charge in [0.15, 0.2) is 0 Å². The van der Waals surface area contributed by atoms with Gasteiger partial charge in [-0.1, -0.05) is 19.1 Å². The van der Waals surface area contributed by atoms with Gasteiger partial charge in [-0.15, -0.1) is 0 Å².